The van der Waals surface area contributed by atoms with Crippen LogP contribution in [0, 0.1) is 0 Å². The summed E-state index contributed by atoms with van der Waals surface area (Å²) < 4.78 is 26.5. The zero-order valence-corrected chi connectivity index (χ0v) is 23.7. The van der Waals surface area contributed by atoms with Gasteiger partial charge in [0.25, 0.3) is 0 Å². The second kappa shape index (κ2) is 13.2. The Morgan fingerprint density at radius 2 is 1.71 bits per heavy atom. The van der Waals surface area contributed by atoms with E-state index >= 15 is 0 Å². The number of anilines is 1. The van der Waals surface area contributed by atoms with E-state index in [1.807, 2.05) is 6.92 Å². The molecule has 8 nitrogen and oxygen atoms in total. The molecule has 0 heterocycles. The quantitative estimate of drug-likeness (QED) is 0.405. The molecule has 1 saturated carbocycles. The molecule has 1 N–H and O–H groups in total. The molecule has 206 valence electrons. The number of halogens is 1. The van der Waals surface area contributed by atoms with Crippen molar-refractivity contribution < 1.29 is 22.8 Å². The topological polar surface area (TPSA) is 104 Å². The first kappa shape index (κ1) is 29.6. The van der Waals surface area contributed by atoms with E-state index in [0.29, 0.717) is 17.0 Å². The van der Waals surface area contributed by atoms with Gasteiger partial charge >= 0.3 is 0 Å². The molecule has 38 heavy (non-hydrogen) atoms. The molecule has 2 aromatic rings. The van der Waals surface area contributed by atoms with Crippen molar-refractivity contribution in [3.63, 3.8) is 0 Å². The van der Waals surface area contributed by atoms with Crippen LogP contribution in [0.3, 0.4) is 0 Å². The molecule has 0 saturated heterocycles. The number of carbonyl (C=O) groups excluding carboxylic acids is 3. The molecule has 2 amide bonds. The summed E-state index contributed by atoms with van der Waals surface area (Å²) in [5.74, 6) is -0.989. The van der Waals surface area contributed by atoms with Crippen LogP contribution in [0.1, 0.15) is 68.3 Å². The highest BCUT2D eigenvalue weighted by Crippen LogP contribution is 2.23. The third kappa shape index (κ3) is 8.04. The third-order valence-corrected chi connectivity index (χ3v) is 8.22. The Morgan fingerprint density at radius 1 is 1.05 bits per heavy atom. The second-order valence-electron chi connectivity index (χ2n) is 9.79. The summed E-state index contributed by atoms with van der Waals surface area (Å²) in [6.45, 7) is 2.82. The van der Waals surface area contributed by atoms with Crippen LogP contribution >= 0.6 is 11.6 Å². The minimum absolute atomic E-state index is 0.0691. The summed E-state index contributed by atoms with van der Waals surface area (Å²) >= 11 is 6.04. The van der Waals surface area contributed by atoms with Crippen LogP contribution in [0.15, 0.2) is 48.5 Å². The minimum atomic E-state index is -3.89. The number of sulfonamides is 1. The zero-order valence-electron chi connectivity index (χ0n) is 22.2. The second-order valence-corrected chi connectivity index (χ2v) is 12.1. The van der Waals surface area contributed by atoms with Crippen molar-refractivity contribution in [1.29, 1.82) is 0 Å². The van der Waals surface area contributed by atoms with E-state index in [1.165, 1.54) is 24.0 Å². The Labute approximate surface area is 230 Å². The fourth-order valence-electron chi connectivity index (χ4n) is 4.74. The van der Waals surface area contributed by atoms with Crippen LogP contribution in [0.2, 0.25) is 5.02 Å². The maximum absolute atomic E-state index is 13.8. The van der Waals surface area contributed by atoms with Crippen molar-refractivity contribution in [3.05, 3.63) is 64.7 Å². The Hall–Kier alpha value is -2.91. The molecule has 10 heteroatoms. The smallest absolute Gasteiger partial charge is 0.244 e. The van der Waals surface area contributed by atoms with Gasteiger partial charge in [0, 0.05) is 23.2 Å². The summed E-state index contributed by atoms with van der Waals surface area (Å²) in [5, 5.41) is 3.66. The molecule has 2 aromatic carbocycles. The highest BCUT2D eigenvalue weighted by Gasteiger charge is 2.33. The van der Waals surface area contributed by atoms with Crippen molar-refractivity contribution >= 4 is 44.9 Å². The standard InChI is InChI=1S/C28H36ClN3O5S/c1-4-26(28(35)30-24-10-6-5-7-11-24)31(18-21-13-15-23(29)16-14-21)27(34)19-32(38(3,36)37)25-12-8-9-22(17-25)20(2)33/h8-9,12-17,24,26H,4-7,10-11,18-19H2,1-3H3,(H,30,35)/t26-/m0/s1. The first-order chi connectivity index (χ1) is 18.0. The van der Waals surface area contributed by atoms with Crippen LogP contribution in [-0.2, 0) is 26.2 Å². The lowest BCUT2D eigenvalue weighted by atomic mass is 9.95. The molecular weight excluding hydrogens is 526 g/mol. The summed E-state index contributed by atoms with van der Waals surface area (Å²) in [6, 6.07) is 12.4. The average Bonchev–Trinajstić information content (AvgIpc) is 2.88. The van der Waals surface area contributed by atoms with Crippen LogP contribution in [0.4, 0.5) is 5.69 Å². The number of nitrogens with zero attached hydrogens (tertiary/aromatic N) is 2. The van der Waals surface area contributed by atoms with E-state index in [-0.39, 0.29) is 30.0 Å². The van der Waals surface area contributed by atoms with Crippen LogP contribution < -0.4 is 9.62 Å². The lowest BCUT2D eigenvalue weighted by Crippen LogP contribution is -2.53. The molecule has 0 radical (unpaired) electrons. The van der Waals surface area contributed by atoms with Gasteiger partial charge in [-0.15, -0.1) is 0 Å². The number of amides is 2. The number of hydrogen-bond acceptors (Lipinski definition) is 5. The van der Waals surface area contributed by atoms with Crippen molar-refractivity contribution in [3.8, 4) is 0 Å². The maximum Gasteiger partial charge on any atom is 0.244 e. The maximum atomic E-state index is 13.8. The highest BCUT2D eigenvalue weighted by atomic mass is 35.5. The number of Topliss-reactive ketones (excluding diaryl/α,β-unsaturated/α-hetero) is 1. The number of hydrogen-bond donors (Lipinski definition) is 1. The fourth-order valence-corrected chi connectivity index (χ4v) is 5.71. The lowest BCUT2D eigenvalue weighted by molar-refractivity contribution is -0.140. The molecule has 1 fully saturated rings. The van der Waals surface area contributed by atoms with Crippen LogP contribution in [0.5, 0.6) is 0 Å². The van der Waals surface area contributed by atoms with Gasteiger partial charge in [-0.05, 0) is 56.0 Å². The molecule has 0 unspecified atom stereocenters. The van der Waals surface area contributed by atoms with Gasteiger partial charge in [0.15, 0.2) is 5.78 Å². The number of carbonyl (C=O) groups is 3. The Morgan fingerprint density at radius 3 is 2.29 bits per heavy atom. The third-order valence-electron chi connectivity index (χ3n) is 6.82. The predicted molar refractivity (Wildman–Crippen MR) is 150 cm³/mol. The van der Waals surface area contributed by atoms with Gasteiger partial charge in [0.1, 0.15) is 12.6 Å². The molecule has 0 bridgehead atoms. The van der Waals surface area contributed by atoms with Crippen molar-refractivity contribution in [2.75, 3.05) is 17.1 Å². The van der Waals surface area contributed by atoms with E-state index in [2.05, 4.69) is 5.32 Å². The number of benzene rings is 2. The fraction of sp³-hybridized carbons (Fsp3) is 0.464. The summed E-state index contributed by atoms with van der Waals surface area (Å²) in [5.41, 5.74) is 1.30. The van der Waals surface area contributed by atoms with E-state index in [9.17, 15) is 22.8 Å². The molecule has 1 aliphatic carbocycles. The van der Waals surface area contributed by atoms with Gasteiger partial charge in [-0.25, -0.2) is 8.42 Å². The summed E-state index contributed by atoms with van der Waals surface area (Å²) in [7, 11) is -3.89. The monoisotopic (exact) mass is 561 g/mol. The number of ketones is 1. The lowest BCUT2D eigenvalue weighted by Gasteiger charge is -2.34. The van der Waals surface area contributed by atoms with Gasteiger partial charge in [0.05, 0.1) is 11.9 Å². The Kier molecular flexibility index (Phi) is 10.3. The zero-order chi connectivity index (χ0) is 27.9. The van der Waals surface area contributed by atoms with Crippen molar-refractivity contribution in [1.82, 2.24) is 10.2 Å². The highest BCUT2D eigenvalue weighted by molar-refractivity contribution is 7.92. The molecule has 0 spiro atoms. The van der Waals surface area contributed by atoms with Gasteiger partial charge in [-0.2, -0.15) is 0 Å². The molecule has 1 atom stereocenters. The van der Waals surface area contributed by atoms with E-state index in [4.69, 9.17) is 11.6 Å². The van der Waals surface area contributed by atoms with Gasteiger partial charge in [-0.1, -0.05) is 62.1 Å². The number of nitrogens with one attached hydrogen (secondary N) is 1. The molecule has 0 aromatic heterocycles. The molecule has 1 aliphatic rings. The van der Waals surface area contributed by atoms with E-state index in [1.54, 1.807) is 36.4 Å². The largest absolute Gasteiger partial charge is 0.352 e. The minimum Gasteiger partial charge on any atom is -0.352 e. The Bertz CT molecular complexity index is 1240. The first-order valence-electron chi connectivity index (χ1n) is 12.9. The van der Waals surface area contributed by atoms with E-state index < -0.39 is 28.5 Å². The van der Waals surface area contributed by atoms with E-state index in [0.717, 1.165) is 48.2 Å². The van der Waals surface area contributed by atoms with Crippen molar-refractivity contribution in [2.24, 2.45) is 0 Å². The SMILES string of the molecule is CC[C@@H](C(=O)NC1CCCCC1)N(Cc1ccc(Cl)cc1)C(=O)CN(c1cccc(C(C)=O)c1)S(C)(=O)=O. The van der Waals surface area contributed by atoms with Gasteiger partial charge in [-0.3, -0.25) is 18.7 Å². The van der Waals surface area contributed by atoms with Crippen molar-refractivity contribution in [2.45, 2.75) is 71.0 Å². The molecule has 3 rings (SSSR count). The van der Waals surface area contributed by atoms with Crippen LogP contribution in [0.25, 0.3) is 0 Å². The summed E-state index contributed by atoms with van der Waals surface area (Å²) in [4.78, 5) is 40.6. The Balaban J connectivity index is 1.93. The average molecular weight is 562 g/mol. The summed E-state index contributed by atoms with van der Waals surface area (Å²) in [6.07, 6.45) is 6.43. The predicted octanol–water partition coefficient (Wildman–Crippen LogP) is 4.56. The van der Waals surface area contributed by atoms with Gasteiger partial charge < -0.3 is 10.2 Å². The number of rotatable bonds is 11. The molecular formula is C28H36ClN3O5S. The molecule has 0 aliphatic heterocycles. The normalized spacial score (nSPS) is 14.9. The van der Waals surface area contributed by atoms with Gasteiger partial charge in [0.2, 0.25) is 21.8 Å². The van der Waals surface area contributed by atoms with Crippen LogP contribution in [-0.4, -0.2) is 55.8 Å². The first-order valence-corrected chi connectivity index (χ1v) is 15.1.